The minimum Gasteiger partial charge on any atom is -0.367 e. The molecule has 3 aromatic rings. The van der Waals surface area contributed by atoms with Gasteiger partial charge in [0.2, 0.25) is 5.78 Å². The third-order valence-corrected chi connectivity index (χ3v) is 6.10. The number of rotatable bonds is 9. The second kappa shape index (κ2) is 10.1. The standard InChI is InChI=1S/C21H21F3N6O4S/c22-16-3-4-17(23)19(24)15(16)9-30-6-5-18(29-30)20(31)14-8-26-11-27-21(14)28-13-2-1-12(7-13)10-34-35(25,32)33/h3-6,8,11-13H,1-2,7,9-10H2,(H2,25,32,33)(H,26,27,28)/t12-,13+/m1/s1. The number of nitrogens with one attached hydrogen (secondary N) is 1. The maximum Gasteiger partial charge on any atom is 0.333 e. The van der Waals surface area contributed by atoms with E-state index in [1.807, 2.05) is 0 Å². The van der Waals surface area contributed by atoms with Gasteiger partial charge in [0, 0.05) is 24.0 Å². The van der Waals surface area contributed by atoms with Crippen molar-refractivity contribution in [1.29, 1.82) is 0 Å². The molecule has 0 spiro atoms. The molecule has 3 N–H and O–H groups in total. The smallest absolute Gasteiger partial charge is 0.333 e. The quantitative estimate of drug-likeness (QED) is 0.330. The van der Waals surface area contributed by atoms with Crippen LogP contribution in [0.3, 0.4) is 0 Å². The molecular weight excluding hydrogens is 489 g/mol. The van der Waals surface area contributed by atoms with Crippen molar-refractivity contribution in [1.82, 2.24) is 19.7 Å². The summed E-state index contributed by atoms with van der Waals surface area (Å²) in [7, 11) is -4.02. The Balaban J connectivity index is 1.45. The molecule has 1 fully saturated rings. The number of carbonyl (C=O) groups is 1. The highest BCUT2D eigenvalue weighted by molar-refractivity contribution is 7.84. The lowest BCUT2D eigenvalue weighted by Crippen LogP contribution is -2.22. The molecule has 0 amide bonds. The van der Waals surface area contributed by atoms with E-state index in [1.54, 1.807) is 0 Å². The predicted octanol–water partition coefficient (Wildman–Crippen LogP) is 2.17. The van der Waals surface area contributed by atoms with E-state index in [9.17, 15) is 26.4 Å². The predicted molar refractivity (Wildman–Crippen MR) is 117 cm³/mol. The van der Waals surface area contributed by atoms with E-state index in [0.717, 1.165) is 10.7 Å². The van der Waals surface area contributed by atoms with E-state index in [1.165, 1.54) is 24.8 Å². The van der Waals surface area contributed by atoms with Gasteiger partial charge in [0.15, 0.2) is 11.6 Å². The van der Waals surface area contributed by atoms with Crippen LogP contribution < -0.4 is 10.5 Å². The number of carbonyl (C=O) groups excluding carboxylic acids is 1. The van der Waals surface area contributed by atoms with E-state index in [2.05, 4.69) is 24.6 Å². The van der Waals surface area contributed by atoms with Gasteiger partial charge in [-0.25, -0.2) is 28.3 Å². The van der Waals surface area contributed by atoms with Gasteiger partial charge in [0.05, 0.1) is 18.7 Å². The van der Waals surface area contributed by atoms with Crippen LogP contribution in [0.5, 0.6) is 0 Å². The van der Waals surface area contributed by atoms with Crippen molar-refractivity contribution in [2.45, 2.75) is 31.8 Å². The number of nitrogens with two attached hydrogens (primary N) is 1. The molecule has 35 heavy (non-hydrogen) atoms. The van der Waals surface area contributed by atoms with Crippen molar-refractivity contribution in [2.24, 2.45) is 11.1 Å². The minimum absolute atomic E-state index is 0.0223. The summed E-state index contributed by atoms with van der Waals surface area (Å²) >= 11 is 0. The van der Waals surface area contributed by atoms with Crippen LogP contribution in [0.1, 0.15) is 40.9 Å². The Labute approximate surface area is 198 Å². The third kappa shape index (κ3) is 6.01. The first-order valence-corrected chi connectivity index (χ1v) is 12.0. The second-order valence-corrected chi connectivity index (χ2v) is 9.35. The average molecular weight is 510 g/mol. The number of nitrogens with zero attached hydrogens (tertiary/aromatic N) is 4. The van der Waals surface area contributed by atoms with Crippen molar-refractivity contribution in [3.05, 3.63) is 71.2 Å². The Bertz CT molecular complexity index is 1350. The summed E-state index contributed by atoms with van der Waals surface area (Å²) in [5.41, 5.74) is -0.407. The monoisotopic (exact) mass is 510 g/mol. The number of hydrogen-bond donors (Lipinski definition) is 2. The highest BCUT2D eigenvalue weighted by atomic mass is 32.2. The molecule has 2 aromatic heterocycles. The first-order chi connectivity index (χ1) is 16.6. The molecule has 10 nitrogen and oxygen atoms in total. The van der Waals surface area contributed by atoms with Crippen LogP contribution >= 0.6 is 0 Å². The fourth-order valence-corrected chi connectivity index (χ4v) is 4.32. The SMILES string of the molecule is NS(=O)(=O)OC[C@@H]1CC[C@H](Nc2ncncc2C(=O)c2ccn(Cc3c(F)ccc(F)c3F)n2)C1. The van der Waals surface area contributed by atoms with E-state index < -0.39 is 45.6 Å². The number of halogens is 3. The summed E-state index contributed by atoms with van der Waals surface area (Å²) in [6.45, 7) is -0.445. The van der Waals surface area contributed by atoms with Gasteiger partial charge in [-0.05, 0) is 43.4 Å². The van der Waals surface area contributed by atoms with Gasteiger partial charge in [0.1, 0.15) is 23.7 Å². The lowest BCUT2D eigenvalue weighted by atomic mass is 10.1. The minimum atomic E-state index is -4.02. The molecule has 2 atom stereocenters. The van der Waals surface area contributed by atoms with Crippen LogP contribution in [0.4, 0.5) is 19.0 Å². The van der Waals surface area contributed by atoms with Crippen molar-refractivity contribution in [2.75, 3.05) is 11.9 Å². The molecule has 0 aliphatic heterocycles. The molecule has 1 saturated carbocycles. The summed E-state index contributed by atoms with van der Waals surface area (Å²) in [6.07, 6.45) is 5.89. The zero-order chi connectivity index (χ0) is 25.2. The largest absolute Gasteiger partial charge is 0.367 e. The molecule has 1 aromatic carbocycles. The molecule has 14 heteroatoms. The van der Waals surface area contributed by atoms with Gasteiger partial charge in [-0.1, -0.05) is 0 Å². The fourth-order valence-electron chi connectivity index (χ4n) is 3.94. The summed E-state index contributed by atoms with van der Waals surface area (Å²) < 4.78 is 69.1. The van der Waals surface area contributed by atoms with Gasteiger partial charge < -0.3 is 5.32 Å². The van der Waals surface area contributed by atoms with Crippen LogP contribution in [-0.2, 0) is 21.0 Å². The van der Waals surface area contributed by atoms with E-state index >= 15 is 0 Å². The molecule has 1 aliphatic rings. The molecule has 1 aliphatic carbocycles. The molecule has 0 radical (unpaired) electrons. The Morgan fingerprint density at radius 1 is 1.20 bits per heavy atom. The van der Waals surface area contributed by atoms with Crippen LogP contribution in [0.15, 0.2) is 36.9 Å². The third-order valence-electron chi connectivity index (χ3n) is 5.64. The number of aromatic nitrogens is 4. The Kier molecular flexibility index (Phi) is 7.14. The summed E-state index contributed by atoms with van der Waals surface area (Å²) in [5.74, 6) is -3.74. The van der Waals surface area contributed by atoms with Crippen LogP contribution in [0.2, 0.25) is 0 Å². The lowest BCUT2D eigenvalue weighted by Gasteiger charge is -2.15. The molecule has 0 saturated heterocycles. The first kappa shape index (κ1) is 24.8. The topological polar surface area (TPSA) is 142 Å². The van der Waals surface area contributed by atoms with Crippen molar-refractivity contribution in [3.63, 3.8) is 0 Å². The molecule has 2 heterocycles. The first-order valence-electron chi connectivity index (χ1n) is 10.5. The van der Waals surface area contributed by atoms with Gasteiger partial charge in [0.25, 0.3) is 0 Å². The molecule has 4 rings (SSSR count). The average Bonchev–Trinajstić information content (AvgIpc) is 3.47. The fraction of sp³-hybridized carbons (Fsp3) is 0.333. The maximum atomic E-state index is 14.0. The number of benzene rings is 1. The van der Waals surface area contributed by atoms with Gasteiger partial charge in [-0.2, -0.15) is 13.5 Å². The maximum absolute atomic E-state index is 14.0. The normalized spacial score (nSPS) is 18.1. The number of hydrogen-bond acceptors (Lipinski definition) is 8. The van der Waals surface area contributed by atoms with E-state index in [4.69, 9.17) is 5.14 Å². The Morgan fingerprint density at radius 2 is 1.97 bits per heavy atom. The van der Waals surface area contributed by atoms with Crippen molar-refractivity contribution < 1.29 is 30.6 Å². The highest BCUT2D eigenvalue weighted by Gasteiger charge is 2.28. The van der Waals surface area contributed by atoms with Crippen molar-refractivity contribution >= 4 is 21.9 Å². The molecule has 0 bridgehead atoms. The van der Waals surface area contributed by atoms with Crippen LogP contribution in [-0.4, -0.2) is 46.6 Å². The second-order valence-electron chi connectivity index (χ2n) is 8.13. The van der Waals surface area contributed by atoms with Gasteiger partial charge in [-0.3, -0.25) is 13.7 Å². The molecular formula is C21H21F3N6O4S. The molecule has 186 valence electrons. The Morgan fingerprint density at radius 3 is 2.74 bits per heavy atom. The molecule has 0 unspecified atom stereocenters. The zero-order valence-electron chi connectivity index (χ0n) is 18.2. The zero-order valence-corrected chi connectivity index (χ0v) is 19.0. The highest BCUT2D eigenvalue weighted by Crippen LogP contribution is 2.29. The summed E-state index contributed by atoms with van der Waals surface area (Å²) in [4.78, 5) is 21.1. The van der Waals surface area contributed by atoms with Crippen LogP contribution in [0, 0.1) is 23.4 Å². The number of ketones is 1. The van der Waals surface area contributed by atoms with E-state index in [-0.39, 0.29) is 35.6 Å². The van der Waals surface area contributed by atoms with Crippen molar-refractivity contribution in [3.8, 4) is 0 Å². The van der Waals surface area contributed by atoms with Gasteiger partial charge >= 0.3 is 10.3 Å². The number of anilines is 1. The van der Waals surface area contributed by atoms with Gasteiger partial charge in [-0.15, -0.1) is 0 Å². The summed E-state index contributed by atoms with van der Waals surface area (Å²) in [6, 6.07) is 2.78. The lowest BCUT2D eigenvalue weighted by molar-refractivity contribution is 0.103. The summed E-state index contributed by atoms with van der Waals surface area (Å²) in [5, 5.41) is 12.1. The Hall–Kier alpha value is -3.36. The van der Waals surface area contributed by atoms with E-state index in [0.29, 0.717) is 25.3 Å². The van der Waals surface area contributed by atoms with Crippen LogP contribution in [0.25, 0.3) is 0 Å².